The molecule has 1 aromatic heterocycles. The molecule has 0 aliphatic heterocycles. The highest BCUT2D eigenvalue weighted by Gasteiger charge is 2.16. The van der Waals surface area contributed by atoms with E-state index in [1.54, 1.807) is 6.92 Å². The van der Waals surface area contributed by atoms with Crippen LogP contribution in [0, 0.1) is 0 Å². The Kier molecular flexibility index (Phi) is 4.53. The highest BCUT2D eigenvalue weighted by Crippen LogP contribution is 2.28. The average molecular weight is 290 g/mol. The van der Waals surface area contributed by atoms with Crippen molar-refractivity contribution in [3.05, 3.63) is 30.0 Å². The van der Waals surface area contributed by atoms with Crippen molar-refractivity contribution in [3.8, 4) is 5.75 Å². The maximum Gasteiger partial charge on any atom is 0.344 e. The van der Waals surface area contributed by atoms with Gasteiger partial charge < -0.3 is 20.2 Å². The third-order valence-electron chi connectivity index (χ3n) is 3.06. The van der Waals surface area contributed by atoms with Crippen LogP contribution in [-0.2, 0) is 16.0 Å². The first-order chi connectivity index (χ1) is 9.90. The number of esters is 1. The number of fused-ring (bicyclic) bond motifs is 1. The molecule has 0 aliphatic carbocycles. The van der Waals surface area contributed by atoms with Crippen LogP contribution in [0.3, 0.4) is 0 Å². The van der Waals surface area contributed by atoms with E-state index in [9.17, 15) is 4.79 Å². The van der Waals surface area contributed by atoms with E-state index in [0.29, 0.717) is 12.4 Å². The molecule has 0 atom stereocenters. The summed E-state index contributed by atoms with van der Waals surface area (Å²) < 4.78 is 10.4. The molecule has 3 N–H and O–H groups in total. The van der Waals surface area contributed by atoms with E-state index in [0.717, 1.165) is 22.9 Å². The molecule has 0 bridgehead atoms. The zero-order valence-corrected chi connectivity index (χ0v) is 12.7. The zero-order valence-electron chi connectivity index (χ0n) is 12.7. The van der Waals surface area contributed by atoms with E-state index in [1.165, 1.54) is 0 Å². The van der Waals surface area contributed by atoms with Crippen molar-refractivity contribution in [1.82, 2.24) is 4.98 Å². The lowest BCUT2D eigenvalue weighted by atomic mass is 9.96. The summed E-state index contributed by atoms with van der Waals surface area (Å²) in [5.74, 6) is 0.269. The Morgan fingerprint density at radius 1 is 1.38 bits per heavy atom. The standard InChI is InChI=1S/C16H22N2O3/c1-4-20-14(19)10-21-13-7-5-6-12-11(8-16(2,3)17)9-18-15(12)13/h5-7,9,18H,4,8,10,17H2,1-3H3. The summed E-state index contributed by atoms with van der Waals surface area (Å²) in [7, 11) is 0. The Labute approximate surface area is 124 Å². The molecule has 114 valence electrons. The first-order valence-electron chi connectivity index (χ1n) is 7.07. The van der Waals surface area contributed by atoms with Gasteiger partial charge in [0.15, 0.2) is 6.61 Å². The second-order valence-electron chi connectivity index (χ2n) is 5.75. The summed E-state index contributed by atoms with van der Waals surface area (Å²) in [5, 5.41) is 1.06. The van der Waals surface area contributed by atoms with Crippen molar-refractivity contribution in [2.45, 2.75) is 32.7 Å². The smallest absolute Gasteiger partial charge is 0.344 e. The zero-order chi connectivity index (χ0) is 15.5. The predicted molar refractivity (Wildman–Crippen MR) is 82.4 cm³/mol. The molecule has 5 nitrogen and oxygen atoms in total. The number of rotatable bonds is 6. The van der Waals surface area contributed by atoms with Crippen LogP contribution in [0.2, 0.25) is 0 Å². The average Bonchev–Trinajstić information content (AvgIpc) is 2.78. The van der Waals surface area contributed by atoms with Crippen LogP contribution in [0.15, 0.2) is 24.4 Å². The minimum absolute atomic E-state index is 0.0936. The molecule has 0 saturated carbocycles. The number of benzene rings is 1. The van der Waals surface area contributed by atoms with Gasteiger partial charge in [0.25, 0.3) is 0 Å². The van der Waals surface area contributed by atoms with Gasteiger partial charge in [0.2, 0.25) is 0 Å². The Morgan fingerprint density at radius 2 is 2.14 bits per heavy atom. The lowest BCUT2D eigenvalue weighted by molar-refractivity contribution is -0.145. The minimum Gasteiger partial charge on any atom is -0.480 e. The van der Waals surface area contributed by atoms with Gasteiger partial charge in [-0.1, -0.05) is 12.1 Å². The minimum atomic E-state index is -0.371. The number of aromatic amines is 1. The van der Waals surface area contributed by atoms with Crippen molar-refractivity contribution in [2.24, 2.45) is 5.73 Å². The van der Waals surface area contributed by atoms with Crippen LogP contribution < -0.4 is 10.5 Å². The van der Waals surface area contributed by atoms with E-state index in [2.05, 4.69) is 4.98 Å². The molecular weight excluding hydrogens is 268 g/mol. The first-order valence-corrected chi connectivity index (χ1v) is 7.07. The predicted octanol–water partition coefficient (Wildman–Crippen LogP) is 2.39. The van der Waals surface area contributed by atoms with Gasteiger partial charge in [0.1, 0.15) is 5.75 Å². The number of H-pyrrole nitrogens is 1. The number of hydrogen-bond donors (Lipinski definition) is 2. The molecule has 5 heteroatoms. The lowest BCUT2D eigenvalue weighted by Gasteiger charge is -2.17. The van der Waals surface area contributed by atoms with Gasteiger partial charge in [-0.25, -0.2) is 4.79 Å². The molecular formula is C16H22N2O3. The second-order valence-corrected chi connectivity index (χ2v) is 5.75. The fourth-order valence-electron chi connectivity index (χ4n) is 2.28. The van der Waals surface area contributed by atoms with Gasteiger partial charge in [-0.2, -0.15) is 0 Å². The largest absolute Gasteiger partial charge is 0.480 e. The molecule has 0 saturated heterocycles. The van der Waals surface area contributed by atoms with E-state index >= 15 is 0 Å². The highest BCUT2D eigenvalue weighted by molar-refractivity contribution is 5.88. The monoisotopic (exact) mass is 290 g/mol. The molecule has 2 aromatic rings. The summed E-state index contributed by atoms with van der Waals surface area (Å²) in [6, 6.07) is 5.75. The Morgan fingerprint density at radius 3 is 2.81 bits per heavy atom. The third-order valence-corrected chi connectivity index (χ3v) is 3.06. The third kappa shape index (κ3) is 3.98. The van der Waals surface area contributed by atoms with Crippen LogP contribution >= 0.6 is 0 Å². The summed E-state index contributed by atoms with van der Waals surface area (Å²) >= 11 is 0. The molecule has 0 radical (unpaired) electrons. The molecule has 0 aliphatic rings. The number of nitrogens with two attached hydrogens (primary N) is 1. The molecule has 0 amide bonds. The van der Waals surface area contributed by atoms with Crippen molar-refractivity contribution in [1.29, 1.82) is 0 Å². The van der Waals surface area contributed by atoms with Crippen molar-refractivity contribution in [2.75, 3.05) is 13.2 Å². The molecule has 0 spiro atoms. The molecule has 1 aromatic carbocycles. The quantitative estimate of drug-likeness (QED) is 0.801. The van der Waals surface area contributed by atoms with Gasteiger partial charge in [-0.05, 0) is 38.8 Å². The van der Waals surface area contributed by atoms with Crippen LogP contribution in [0.5, 0.6) is 5.75 Å². The van der Waals surface area contributed by atoms with Crippen LogP contribution in [-0.4, -0.2) is 29.7 Å². The second kappa shape index (κ2) is 6.18. The Bertz CT molecular complexity index is 626. The maximum atomic E-state index is 11.4. The van der Waals surface area contributed by atoms with Gasteiger partial charge in [-0.15, -0.1) is 0 Å². The lowest BCUT2D eigenvalue weighted by Crippen LogP contribution is -2.34. The van der Waals surface area contributed by atoms with Gasteiger partial charge >= 0.3 is 5.97 Å². The molecule has 0 fully saturated rings. The number of ether oxygens (including phenoxy) is 2. The van der Waals surface area contributed by atoms with Gasteiger partial charge in [-0.3, -0.25) is 0 Å². The fourth-order valence-corrected chi connectivity index (χ4v) is 2.28. The summed E-state index contributed by atoms with van der Waals surface area (Å²) in [6.45, 7) is 6.01. The maximum absolute atomic E-state index is 11.4. The molecule has 0 unspecified atom stereocenters. The van der Waals surface area contributed by atoms with E-state index in [-0.39, 0.29) is 18.1 Å². The van der Waals surface area contributed by atoms with Crippen molar-refractivity contribution < 1.29 is 14.3 Å². The van der Waals surface area contributed by atoms with Crippen LogP contribution in [0.4, 0.5) is 0 Å². The van der Waals surface area contributed by atoms with Crippen LogP contribution in [0.25, 0.3) is 10.9 Å². The van der Waals surface area contributed by atoms with Crippen LogP contribution in [0.1, 0.15) is 26.3 Å². The Balaban J connectivity index is 2.20. The first kappa shape index (κ1) is 15.4. The molecule has 1 heterocycles. The van der Waals surface area contributed by atoms with E-state index in [1.807, 2.05) is 38.2 Å². The summed E-state index contributed by atoms with van der Waals surface area (Å²) in [4.78, 5) is 14.6. The topological polar surface area (TPSA) is 77.3 Å². The normalized spacial score (nSPS) is 11.6. The molecule has 21 heavy (non-hydrogen) atoms. The summed E-state index contributed by atoms with van der Waals surface area (Å²) in [5.41, 5.74) is 7.81. The number of nitrogens with one attached hydrogen (secondary N) is 1. The number of aromatic nitrogens is 1. The number of carbonyl (C=O) groups excluding carboxylic acids is 1. The van der Waals surface area contributed by atoms with Crippen molar-refractivity contribution >= 4 is 16.9 Å². The number of hydrogen-bond acceptors (Lipinski definition) is 4. The Hall–Kier alpha value is -2.01. The SMILES string of the molecule is CCOC(=O)COc1cccc2c(CC(C)(C)N)c[nH]c12. The highest BCUT2D eigenvalue weighted by atomic mass is 16.6. The van der Waals surface area contributed by atoms with E-state index in [4.69, 9.17) is 15.2 Å². The van der Waals surface area contributed by atoms with Gasteiger partial charge in [0, 0.05) is 17.1 Å². The fraction of sp³-hybridized carbons (Fsp3) is 0.438. The number of carbonyl (C=O) groups is 1. The van der Waals surface area contributed by atoms with Crippen molar-refractivity contribution in [3.63, 3.8) is 0 Å². The van der Waals surface area contributed by atoms with Gasteiger partial charge in [0.05, 0.1) is 12.1 Å². The number of para-hydroxylation sites is 1. The van der Waals surface area contributed by atoms with E-state index < -0.39 is 0 Å². The summed E-state index contributed by atoms with van der Waals surface area (Å²) in [6.07, 6.45) is 2.70. The molecule has 2 rings (SSSR count).